The lowest BCUT2D eigenvalue weighted by Crippen LogP contribution is -1.92. The molecule has 24 aromatic rings. The molecule has 24 rings (SSSR count). The summed E-state index contributed by atoms with van der Waals surface area (Å²) in [5, 5.41) is 16.7. The highest BCUT2D eigenvalue weighted by Crippen LogP contribution is 2.51. The van der Waals surface area contributed by atoms with Gasteiger partial charge in [-0.2, -0.15) is 0 Å². The molecule has 0 radical (unpaired) electrons. The second-order valence-corrected chi connectivity index (χ2v) is 29.1. The van der Waals surface area contributed by atoms with Gasteiger partial charge in [0, 0.05) is 0 Å². The van der Waals surface area contributed by atoms with E-state index in [0.717, 1.165) is 60.0 Å². The van der Waals surface area contributed by atoms with E-state index in [9.17, 15) is 6.85 Å². The summed E-state index contributed by atoms with van der Waals surface area (Å²) in [5.74, 6) is 0. The maximum absolute atomic E-state index is 9.32. The molecule has 0 nitrogen and oxygen atoms in total. The molecular weight excluding hydrogens is 1420 g/mol. The molecule has 0 saturated carbocycles. The van der Waals surface area contributed by atoms with Gasteiger partial charge < -0.3 is 0 Å². The number of hydrogen-bond donors (Lipinski definition) is 0. The molecule has 0 atom stereocenters. The lowest BCUT2D eigenvalue weighted by Gasteiger charge is -2.19. The zero-order chi connectivity index (χ0) is 101. The second-order valence-electron chi connectivity index (χ2n) is 29.1. The highest BCUT2D eigenvalue weighted by Gasteiger charge is 2.23. The van der Waals surface area contributed by atoms with Gasteiger partial charge in [0.1, 0.15) is 0 Å². The second kappa shape index (κ2) is 29.6. The smallest absolute Gasteiger partial charge is 0.0622 e. The van der Waals surface area contributed by atoms with Crippen LogP contribution in [0.2, 0.25) is 0 Å². The monoisotopic (exact) mass is 1520 g/mol. The maximum Gasteiger partial charge on any atom is 0.0636 e. The summed E-state index contributed by atoms with van der Waals surface area (Å²) in [4.78, 5) is 0. The maximum atomic E-state index is 9.32. The number of rotatable bonds is 8. The van der Waals surface area contributed by atoms with Crippen molar-refractivity contribution >= 4 is 140 Å². The number of benzene rings is 24. The van der Waals surface area contributed by atoms with E-state index in [1.165, 1.54) is 92.6 Å². The Morgan fingerprint density at radius 2 is 0.466 bits per heavy atom. The standard InChI is InChI=1S/C44H28.C40H26.C34H22/c1-3-13-32-26-35(22-20-29(32)10-1)43-39-17-7-8-18-40(39)44(36-23-21-30-11-2-4-14-33(30)27-36)42-28-34(24-25-41(42)43)38-19-9-15-31-12-5-6-16-37(31)38;1-2-10-27(11-3-1)32-22-23-37-38(26-32)40(34-21-19-29-13-5-7-15-31(29)25-34)36-17-9-8-16-35(36)39(37)33-20-18-28-12-4-6-14-30(28)24-33;1-2-12-25-22-26(21-20-23(25)10-1)33-29-15-5-7-17-31(29)34(32-18-8-6-16-30(32)33)28-19-9-13-24-11-3-4-14-27(24)28/h1-28H;1-26H;1-22H/i;1D,2D,3D,10D,11D;1D,2D,3D,4D,5D,6D,7D,8D,9D,10D,11D,12D,13D,14D,15D,16D,17D,18D,19D,20D,21D,22D. The summed E-state index contributed by atoms with van der Waals surface area (Å²) < 4.78 is 235. The van der Waals surface area contributed by atoms with Crippen LogP contribution in [-0.4, -0.2) is 0 Å². The average Bonchev–Trinajstić information content (AvgIpc) is 0.680. The highest BCUT2D eigenvalue weighted by atomic mass is 14.3. The van der Waals surface area contributed by atoms with E-state index in [-0.39, 0.29) is 29.7 Å². The Morgan fingerprint density at radius 3 is 0.958 bits per heavy atom. The molecule has 24 aromatic carbocycles. The van der Waals surface area contributed by atoms with Crippen LogP contribution in [0.4, 0.5) is 0 Å². The Bertz CT molecular complexity index is 9760. The zero-order valence-electron chi connectivity index (χ0n) is 89.8. The average molecular weight is 1520 g/mol. The lowest BCUT2D eigenvalue weighted by atomic mass is 9.84. The van der Waals surface area contributed by atoms with Crippen LogP contribution in [0.3, 0.4) is 0 Å². The molecule has 0 amide bonds. The van der Waals surface area contributed by atoms with Gasteiger partial charge in [0.15, 0.2) is 0 Å². The van der Waals surface area contributed by atoms with Gasteiger partial charge >= 0.3 is 0 Å². The minimum absolute atomic E-state index is 0.202. The minimum Gasteiger partial charge on any atom is -0.0622 e. The van der Waals surface area contributed by atoms with Gasteiger partial charge in [0.05, 0.1) is 37.0 Å². The Kier molecular flexibility index (Phi) is 11.7. The molecule has 0 saturated heterocycles. The first-order chi connectivity index (χ1) is 69.8. The Balaban J connectivity index is 0.000000125. The predicted octanol–water partition coefficient (Wildman–Crippen LogP) is 33.4. The first-order valence-corrected chi connectivity index (χ1v) is 38.7. The third-order valence-electron chi connectivity index (χ3n) is 22.5. The SMILES string of the molecule is [2H]c1c([2H])c([2H])c(-c2ccc3c(-c4ccc5ccccc5c4)c4ccccc4c(-c4ccc5ccccc5c4)c3c2)c([2H])c1[2H].[2H]c1c([2H])c([2H])c2c([2H])c(-c3c4c([2H])c([2H])c([2H])c([2H])c4c(-c4c([2H])c([2H])c([2H])c5c([2H])c([2H])c([2H])c([2H])c45)c4c([2H])c([2H])c([2H])c([2H])c34)c([2H])c([2H])c2c1[2H].c1ccc2cc(-c3c4ccccc4c(-c4ccc5ccccc5c4)c4cc(-c5cccc6ccccc56)ccc34)ccc2c1. The van der Waals surface area contributed by atoms with E-state index in [1.54, 1.807) is 0 Å². The fraction of sp³-hybridized carbons (Fsp3) is 0. The molecule has 0 spiro atoms. The summed E-state index contributed by atoms with van der Waals surface area (Å²) in [7, 11) is 0. The van der Waals surface area contributed by atoms with E-state index in [4.69, 9.17) is 30.2 Å². The molecular formula is C118H76. The van der Waals surface area contributed by atoms with Crippen LogP contribution in [0.5, 0.6) is 0 Å². The van der Waals surface area contributed by atoms with Gasteiger partial charge in [-0.3, -0.25) is 0 Å². The van der Waals surface area contributed by atoms with Gasteiger partial charge in [0.25, 0.3) is 0 Å². The Morgan fingerprint density at radius 1 is 0.127 bits per heavy atom. The topological polar surface area (TPSA) is 0 Å². The van der Waals surface area contributed by atoms with Crippen molar-refractivity contribution in [2.24, 2.45) is 0 Å². The van der Waals surface area contributed by atoms with Gasteiger partial charge in [-0.15, -0.1) is 0 Å². The van der Waals surface area contributed by atoms with Crippen LogP contribution in [0.25, 0.3) is 229 Å². The fourth-order valence-electron chi connectivity index (χ4n) is 17.2. The van der Waals surface area contributed by atoms with Crippen LogP contribution < -0.4 is 0 Å². The van der Waals surface area contributed by atoms with Crippen molar-refractivity contribution in [3.63, 3.8) is 0 Å². The third kappa shape index (κ3) is 12.3. The normalized spacial score (nSPS) is 14.8. The van der Waals surface area contributed by atoms with Gasteiger partial charge in [-0.05, 0) is 271 Å². The fourth-order valence-corrected chi connectivity index (χ4v) is 17.2. The largest absolute Gasteiger partial charge is 0.0636 e. The zero-order valence-corrected chi connectivity index (χ0v) is 62.8. The van der Waals surface area contributed by atoms with E-state index in [1.807, 2.05) is 36.4 Å². The van der Waals surface area contributed by atoms with E-state index in [2.05, 4.69) is 261 Å². The summed E-state index contributed by atoms with van der Waals surface area (Å²) >= 11 is 0. The molecule has 0 bridgehead atoms. The van der Waals surface area contributed by atoms with Crippen LogP contribution >= 0.6 is 0 Å². The van der Waals surface area contributed by atoms with E-state index >= 15 is 0 Å². The van der Waals surface area contributed by atoms with Gasteiger partial charge in [0.2, 0.25) is 0 Å². The van der Waals surface area contributed by atoms with E-state index < -0.39 is 204 Å². The number of fused-ring (bicyclic) bond motifs is 13. The van der Waals surface area contributed by atoms with Gasteiger partial charge in [-0.25, -0.2) is 0 Å². The predicted molar refractivity (Wildman–Crippen MR) is 510 cm³/mol. The van der Waals surface area contributed by atoms with Crippen molar-refractivity contribution in [3.05, 3.63) is 460 Å². The Labute approximate surface area is 723 Å². The van der Waals surface area contributed by atoms with Crippen LogP contribution in [0.1, 0.15) is 37.0 Å². The summed E-state index contributed by atoms with van der Waals surface area (Å²) in [6.07, 6.45) is 0. The molecule has 548 valence electrons. The first-order valence-electron chi connectivity index (χ1n) is 52.2. The van der Waals surface area contributed by atoms with Crippen molar-refractivity contribution in [2.75, 3.05) is 0 Å². The summed E-state index contributed by atoms with van der Waals surface area (Å²) in [6, 6.07) is 86.2. The van der Waals surface area contributed by atoms with Crippen molar-refractivity contribution < 1.29 is 37.0 Å². The molecule has 118 heavy (non-hydrogen) atoms. The minimum atomic E-state index is -0.915. The molecule has 0 aliphatic heterocycles. The van der Waals surface area contributed by atoms with Crippen molar-refractivity contribution in [1.82, 2.24) is 0 Å². The summed E-state index contributed by atoms with van der Waals surface area (Å²) in [6.45, 7) is 0. The molecule has 0 N–H and O–H groups in total. The molecule has 0 heteroatoms. The van der Waals surface area contributed by atoms with Gasteiger partial charge in [-0.1, -0.05) is 418 Å². The molecule has 0 aliphatic rings. The van der Waals surface area contributed by atoms with Crippen LogP contribution in [0.15, 0.2) is 460 Å². The molecule has 0 aliphatic carbocycles. The quantitative estimate of drug-likeness (QED) is 0.133. The third-order valence-corrected chi connectivity index (χ3v) is 22.5. The number of hydrogen-bond acceptors (Lipinski definition) is 0. The van der Waals surface area contributed by atoms with Crippen molar-refractivity contribution in [1.29, 1.82) is 0 Å². The van der Waals surface area contributed by atoms with Crippen LogP contribution in [0, 0.1) is 0 Å². The molecule has 0 fully saturated rings. The molecule has 0 unspecified atom stereocenters. The summed E-state index contributed by atoms with van der Waals surface area (Å²) in [5.41, 5.74) is 10.0. The molecule has 0 heterocycles. The van der Waals surface area contributed by atoms with Crippen molar-refractivity contribution in [2.45, 2.75) is 0 Å². The Hall–Kier alpha value is -15.3. The molecule has 0 aromatic heterocycles. The van der Waals surface area contributed by atoms with Crippen molar-refractivity contribution in [3.8, 4) is 89.0 Å². The lowest BCUT2D eigenvalue weighted by molar-refractivity contribution is 1.64. The first kappa shape index (κ1) is 46.7. The van der Waals surface area contributed by atoms with Crippen LogP contribution in [-0.2, 0) is 0 Å². The van der Waals surface area contributed by atoms with E-state index in [0.29, 0.717) is 5.56 Å². The highest BCUT2D eigenvalue weighted by molar-refractivity contribution is 6.27.